The fraction of sp³-hybridized carbons (Fsp3) is 0.818. The largest absolute Gasteiger partial charge is 0.475 e. The van der Waals surface area contributed by atoms with Crippen LogP contribution in [0.3, 0.4) is 0 Å². The Kier molecular flexibility index (Phi) is 11.1. The Morgan fingerprint density at radius 3 is 2.54 bits per heavy atom. The van der Waals surface area contributed by atoms with E-state index < -0.39 is 0 Å². The molecule has 2 nitrogen and oxygen atoms in total. The average molecular weight is 186 g/mol. The molecule has 0 amide bonds. The molecule has 2 heteroatoms. The standard InChI is InChI=1S/C11H22O2/c1-3-5-7-8-10-13-11-12-9-6-4-2/h8,10H,3-7,9,11H2,1-2H3. The fourth-order valence-corrected chi connectivity index (χ4v) is 0.851. The van der Waals surface area contributed by atoms with E-state index in [9.17, 15) is 0 Å². The normalized spacial score (nSPS) is 10.9. The van der Waals surface area contributed by atoms with Crippen LogP contribution < -0.4 is 0 Å². The van der Waals surface area contributed by atoms with E-state index in [0.717, 1.165) is 19.4 Å². The maximum absolute atomic E-state index is 5.21. The van der Waals surface area contributed by atoms with Crippen LogP contribution in [-0.2, 0) is 9.47 Å². The van der Waals surface area contributed by atoms with Gasteiger partial charge in [-0.3, -0.25) is 0 Å². The van der Waals surface area contributed by atoms with E-state index in [1.807, 2.05) is 6.08 Å². The summed E-state index contributed by atoms with van der Waals surface area (Å²) in [5.41, 5.74) is 0. The molecule has 0 rings (SSSR count). The zero-order chi connectivity index (χ0) is 9.78. The van der Waals surface area contributed by atoms with Gasteiger partial charge in [0, 0.05) is 0 Å². The van der Waals surface area contributed by atoms with Crippen LogP contribution >= 0.6 is 0 Å². The van der Waals surface area contributed by atoms with Gasteiger partial charge < -0.3 is 9.47 Å². The zero-order valence-corrected chi connectivity index (χ0v) is 8.92. The second-order valence-electron chi connectivity index (χ2n) is 3.06. The van der Waals surface area contributed by atoms with Crippen LogP contribution in [0.2, 0.25) is 0 Å². The summed E-state index contributed by atoms with van der Waals surface area (Å²) >= 11 is 0. The summed E-state index contributed by atoms with van der Waals surface area (Å²) in [7, 11) is 0. The molecule has 0 aromatic carbocycles. The zero-order valence-electron chi connectivity index (χ0n) is 8.92. The van der Waals surface area contributed by atoms with Crippen LogP contribution in [-0.4, -0.2) is 13.4 Å². The molecular weight excluding hydrogens is 164 g/mol. The lowest BCUT2D eigenvalue weighted by Crippen LogP contribution is -1.97. The van der Waals surface area contributed by atoms with Gasteiger partial charge in [-0.2, -0.15) is 0 Å². The summed E-state index contributed by atoms with van der Waals surface area (Å²) in [4.78, 5) is 0. The van der Waals surface area contributed by atoms with E-state index in [2.05, 4.69) is 13.8 Å². The molecule has 0 aliphatic rings. The van der Waals surface area contributed by atoms with Crippen molar-refractivity contribution in [1.82, 2.24) is 0 Å². The van der Waals surface area contributed by atoms with Crippen molar-refractivity contribution >= 4 is 0 Å². The molecular formula is C11H22O2. The highest BCUT2D eigenvalue weighted by Gasteiger charge is 1.84. The van der Waals surface area contributed by atoms with Crippen molar-refractivity contribution in [2.45, 2.75) is 46.0 Å². The van der Waals surface area contributed by atoms with Gasteiger partial charge >= 0.3 is 0 Å². The molecule has 0 heterocycles. The minimum Gasteiger partial charge on any atom is -0.475 e. The number of rotatable bonds is 9. The van der Waals surface area contributed by atoms with Gasteiger partial charge in [0.1, 0.15) is 0 Å². The first kappa shape index (κ1) is 12.5. The summed E-state index contributed by atoms with van der Waals surface area (Å²) in [6.45, 7) is 5.53. The number of unbranched alkanes of at least 4 members (excludes halogenated alkanes) is 3. The number of ether oxygens (including phenoxy) is 2. The summed E-state index contributed by atoms with van der Waals surface area (Å²) in [5.74, 6) is 0. The Morgan fingerprint density at radius 2 is 1.85 bits per heavy atom. The van der Waals surface area contributed by atoms with Gasteiger partial charge in [-0.15, -0.1) is 0 Å². The third kappa shape index (κ3) is 11.5. The van der Waals surface area contributed by atoms with E-state index in [1.165, 1.54) is 19.3 Å². The minimum atomic E-state index is 0.391. The molecule has 0 N–H and O–H groups in total. The minimum absolute atomic E-state index is 0.391. The first-order chi connectivity index (χ1) is 6.41. The van der Waals surface area contributed by atoms with E-state index in [-0.39, 0.29) is 0 Å². The molecule has 0 bridgehead atoms. The van der Waals surface area contributed by atoms with Crippen molar-refractivity contribution in [1.29, 1.82) is 0 Å². The summed E-state index contributed by atoms with van der Waals surface area (Å²) in [5, 5.41) is 0. The molecule has 0 aliphatic heterocycles. The van der Waals surface area contributed by atoms with Crippen molar-refractivity contribution in [3.05, 3.63) is 12.3 Å². The topological polar surface area (TPSA) is 18.5 Å². The Labute approximate surface area is 81.9 Å². The highest BCUT2D eigenvalue weighted by Crippen LogP contribution is 1.95. The number of hydrogen-bond acceptors (Lipinski definition) is 2. The first-order valence-corrected chi connectivity index (χ1v) is 5.26. The maximum atomic E-state index is 5.21. The van der Waals surface area contributed by atoms with Crippen LogP contribution in [0.1, 0.15) is 46.0 Å². The molecule has 0 aromatic rings. The first-order valence-electron chi connectivity index (χ1n) is 5.26. The van der Waals surface area contributed by atoms with Gasteiger partial charge in [0.15, 0.2) is 6.79 Å². The average Bonchev–Trinajstić information content (AvgIpc) is 2.16. The van der Waals surface area contributed by atoms with Gasteiger partial charge in [-0.05, 0) is 25.3 Å². The van der Waals surface area contributed by atoms with Gasteiger partial charge in [-0.25, -0.2) is 0 Å². The van der Waals surface area contributed by atoms with Crippen molar-refractivity contribution in [2.24, 2.45) is 0 Å². The van der Waals surface area contributed by atoms with Crippen molar-refractivity contribution < 1.29 is 9.47 Å². The Hall–Kier alpha value is -0.500. The molecule has 13 heavy (non-hydrogen) atoms. The van der Waals surface area contributed by atoms with Gasteiger partial charge in [0.25, 0.3) is 0 Å². The SMILES string of the molecule is CCCCC=COCOCCCC. The lowest BCUT2D eigenvalue weighted by atomic mass is 10.2. The number of hydrogen-bond donors (Lipinski definition) is 0. The van der Waals surface area contributed by atoms with Crippen LogP contribution in [0.25, 0.3) is 0 Å². The van der Waals surface area contributed by atoms with E-state index in [4.69, 9.17) is 9.47 Å². The van der Waals surface area contributed by atoms with Crippen molar-refractivity contribution in [3.63, 3.8) is 0 Å². The second-order valence-corrected chi connectivity index (χ2v) is 3.06. The predicted molar refractivity (Wildman–Crippen MR) is 55.5 cm³/mol. The summed E-state index contributed by atoms with van der Waals surface area (Å²) in [6, 6.07) is 0. The molecule has 0 saturated heterocycles. The molecule has 0 unspecified atom stereocenters. The highest BCUT2D eigenvalue weighted by molar-refractivity contribution is 4.72. The number of allylic oxidation sites excluding steroid dienone is 1. The third-order valence-corrected chi connectivity index (χ3v) is 1.71. The van der Waals surface area contributed by atoms with Crippen LogP contribution in [0.15, 0.2) is 12.3 Å². The van der Waals surface area contributed by atoms with Crippen molar-refractivity contribution in [3.8, 4) is 0 Å². The quantitative estimate of drug-likeness (QED) is 0.312. The predicted octanol–water partition coefficient (Wildman–Crippen LogP) is 3.48. The highest BCUT2D eigenvalue weighted by atomic mass is 16.7. The summed E-state index contributed by atoms with van der Waals surface area (Å²) in [6.07, 6.45) is 9.64. The summed E-state index contributed by atoms with van der Waals surface area (Å²) < 4.78 is 10.3. The molecule has 0 aliphatic carbocycles. The van der Waals surface area contributed by atoms with Gasteiger partial charge in [0.05, 0.1) is 12.9 Å². The molecule has 0 fully saturated rings. The lowest BCUT2D eigenvalue weighted by molar-refractivity contribution is -0.0124. The van der Waals surface area contributed by atoms with Crippen LogP contribution in [0, 0.1) is 0 Å². The maximum Gasteiger partial charge on any atom is 0.188 e. The Bertz CT molecular complexity index is 111. The van der Waals surface area contributed by atoms with Crippen LogP contribution in [0.4, 0.5) is 0 Å². The molecule has 0 spiro atoms. The Balaban J connectivity index is 2.93. The molecule has 0 saturated carbocycles. The second kappa shape index (κ2) is 11.5. The molecule has 0 aromatic heterocycles. The van der Waals surface area contributed by atoms with E-state index in [0.29, 0.717) is 6.79 Å². The monoisotopic (exact) mass is 186 g/mol. The third-order valence-electron chi connectivity index (χ3n) is 1.71. The van der Waals surface area contributed by atoms with Crippen molar-refractivity contribution in [2.75, 3.05) is 13.4 Å². The molecule has 0 atom stereocenters. The molecule has 78 valence electrons. The van der Waals surface area contributed by atoms with E-state index in [1.54, 1.807) is 6.26 Å². The molecule has 0 radical (unpaired) electrons. The smallest absolute Gasteiger partial charge is 0.188 e. The van der Waals surface area contributed by atoms with E-state index >= 15 is 0 Å². The van der Waals surface area contributed by atoms with Gasteiger partial charge in [0.2, 0.25) is 0 Å². The Morgan fingerprint density at radius 1 is 1.08 bits per heavy atom. The lowest BCUT2D eigenvalue weighted by Gasteiger charge is -2.01. The fourth-order valence-electron chi connectivity index (χ4n) is 0.851. The van der Waals surface area contributed by atoms with Crippen LogP contribution in [0.5, 0.6) is 0 Å². The van der Waals surface area contributed by atoms with Gasteiger partial charge in [-0.1, -0.05) is 26.7 Å².